The molecule has 10 heteroatoms. The fourth-order valence-electron chi connectivity index (χ4n) is 6.94. The summed E-state index contributed by atoms with van der Waals surface area (Å²) in [7, 11) is 0. The van der Waals surface area contributed by atoms with Crippen molar-refractivity contribution in [2.24, 2.45) is 0 Å². The molecule has 3 atom stereocenters. The van der Waals surface area contributed by atoms with Crippen molar-refractivity contribution >= 4 is 11.9 Å². The number of carbonyl (C=O) groups excluding carboxylic acids is 1. The van der Waals surface area contributed by atoms with E-state index in [0.717, 1.165) is 78.7 Å². The van der Waals surface area contributed by atoms with E-state index in [-0.39, 0.29) is 31.1 Å². The molecule has 3 aromatic rings. The molecule has 3 heterocycles. The van der Waals surface area contributed by atoms with Crippen LogP contribution in [0, 0.1) is 0 Å². The quantitative estimate of drug-likeness (QED) is 0.180. The first kappa shape index (κ1) is 35.2. The highest BCUT2D eigenvalue weighted by atomic mass is 16.7. The van der Waals surface area contributed by atoms with Crippen molar-refractivity contribution in [1.29, 1.82) is 0 Å². The largest absolute Gasteiger partial charge is 0.481 e. The molecule has 49 heavy (non-hydrogen) atoms. The topological polar surface area (TPSA) is 127 Å². The lowest BCUT2D eigenvalue weighted by Gasteiger charge is -2.41. The number of benzene rings is 3. The first-order chi connectivity index (χ1) is 23.9. The zero-order chi connectivity index (χ0) is 34.1. The first-order valence-electron chi connectivity index (χ1n) is 17.6. The second-order valence-corrected chi connectivity index (χ2v) is 13.3. The molecule has 3 saturated heterocycles. The third-order valence-corrected chi connectivity index (χ3v) is 9.71. The van der Waals surface area contributed by atoms with Crippen molar-refractivity contribution < 1.29 is 38.7 Å². The molecule has 0 bridgehead atoms. The Morgan fingerprint density at radius 1 is 0.816 bits per heavy atom. The molecule has 1 amide bonds. The van der Waals surface area contributed by atoms with Gasteiger partial charge in [-0.05, 0) is 52.8 Å². The number of aliphatic hydroxyl groups excluding tert-OH is 1. The third-order valence-electron chi connectivity index (χ3n) is 9.71. The summed E-state index contributed by atoms with van der Waals surface area (Å²) >= 11 is 0. The molecule has 0 aromatic heterocycles. The number of rotatable bonds is 14. The van der Waals surface area contributed by atoms with E-state index in [2.05, 4.69) is 34.5 Å². The molecule has 3 fully saturated rings. The van der Waals surface area contributed by atoms with Gasteiger partial charge in [-0.15, -0.1) is 0 Å². The number of nitrogens with one attached hydrogen (secondary N) is 1. The van der Waals surface area contributed by atoms with E-state index in [1.165, 1.54) is 0 Å². The van der Waals surface area contributed by atoms with Gasteiger partial charge in [0.2, 0.25) is 5.91 Å². The summed E-state index contributed by atoms with van der Waals surface area (Å²) < 4.78 is 25.2. The van der Waals surface area contributed by atoms with Crippen molar-refractivity contribution in [2.75, 3.05) is 32.8 Å². The van der Waals surface area contributed by atoms with Gasteiger partial charge in [-0.25, -0.2) is 0 Å². The van der Waals surface area contributed by atoms with Crippen LogP contribution in [-0.4, -0.2) is 71.7 Å². The highest BCUT2D eigenvalue weighted by Gasteiger charge is 2.41. The molecular weight excluding hydrogens is 624 g/mol. The van der Waals surface area contributed by atoms with E-state index in [1.807, 2.05) is 48.5 Å². The van der Waals surface area contributed by atoms with Crippen LogP contribution in [0.3, 0.4) is 0 Å². The SMILES string of the molecule is O=C(O)CCCCCC(=O)NCc1cccc(-c2cccc([C@@H]3O[C@H](CN4CCC5(CC4)OCCO5)C[C@H](c4ccc(CO)cc4)O3)c2)c1. The van der Waals surface area contributed by atoms with Gasteiger partial charge in [0, 0.05) is 63.8 Å². The average Bonchev–Trinajstić information content (AvgIpc) is 3.59. The van der Waals surface area contributed by atoms with Gasteiger partial charge in [0.25, 0.3) is 0 Å². The Balaban J connectivity index is 1.11. The smallest absolute Gasteiger partial charge is 0.303 e. The second-order valence-electron chi connectivity index (χ2n) is 13.3. The molecule has 3 N–H and O–H groups in total. The molecule has 10 nitrogen and oxygen atoms in total. The third kappa shape index (κ3) is 9.75. The molecule has 3 aromatic carbocycles. The number of likely N-dealkylation sites (tertiary alicyclic amines) is 1. The Bertz CT molecular complexity index is 1530. The van der Waals surface area contributed by atoms with Crippen LogP contribution < -0.4 is 5.32 Å². The van der Waals surface area contributed by atoms with E-state index in [4.69, 9.17) is 24.1 Å². The molecule has 3 aliphatic heterocycles. The van der Waals surface area contributed by atoms with E-state index >= 15 is 0 Å². The summed E-state index contributed by atoms with van der Waals surface area (Å²) in [6.07, 6.45) is 4.17. The maximum atomic E-state index is 12.4. The van der Waals surface area contributed by atoms with E-state index in [0.29, 0.717) is 39.0 Å². The number of aliphatic carboxylic acids is 1. The van der Waals surface area contributed by atoms with Gasteiger partial charge >= 0.3 is 5.97 Å². The van der Waals surface area contributed by atoms with Crippen molar-refractivity contribution in [2.45, 2.75) is 88.8 Å². The predicted octanol–water partition coefficient (Wildman–Crippen LogP) is 5.88. The van der Waals surface area contributed by atoms with Crippen molar-refractivity contribution in [1.82, 2.24) is 10.2 Å². The maximum absolute atomic E-state index is 12.4. The predicted molar refractivity (Wildman–Crippen MR) is 183 cm³/mol. The number of ether oxygens (including phenoxy) is 4. The zero-order valence-electron chi connectivity index (χ0n) is 28.1. The Morgan fingerprint density at radius 3 is 2.27 bits per heavy atom. The molecule has 0 radical (unpaired) electrons. The average molecular weight is 673 g/mol. The fraction of sp³-hybridized carbons (Fsp3) is 0.487. The van der Waals surface area contributed by atoms with Crippen LogP contribution in [0.25, 0.3) is 11.1 Å². The normalized spacial score (nSPS) is 22.3. The summed E-state index contributed by atoms with van der Waals surface area (Å²) in [5, 5.41) is 21.3. The number of carbonyl (C=O) groups is 2. The van der Waals surface area contributed by atoms with Crippen LogP contribution in [0.1, 0.15) is 86.0 Å². The number of amides is 1. The molecule has 6 rings (SSSR count). The molecule has 1 spiro atoms. The fourth-order valence-corrected chi connectivity index (χ4v) is 6.94. The lowest BCUT2D eigenvalue weighted by atomic mass is 9.97. The van der Waals surface area contributed by atoms with E-state index in [1.54, 1.807) is 0 Å². The molecule has 0 unspecified atom stereocenters. The van der Waals surface area contributed by atoms with Gasteiger partial charge in [-0.3, -0.25) is 9.59 Å². The van der Waals surface area contributed by atoms with Gasteiger partial charge in [0.1, 0.15) is 0 Å². The minimum Gasteiger partial charge on any atom is -0.481 e. The highest BCUT2D eigenvalue weighted by Crippen LogP contribution is 2.40. The maximum Gasteiger partial charge on any atom is 0.303 e. The number of unbranched alkanes of at least 4 members (excludes halogenated alkanes) is 2. The highest BCUT2D eigenvalue weighted by molar-refractivity contribution is 5.76. The molecule has 0 saturated carbocycles. The van der Waals surface area contributed by atoms with Gasteiger partial charge in [0.15, 0.2) is 12.1 Å². The molecule has 3 aliphatic rings. The van der Waals surface area contributed by atoms with E-state index < -0.39 is 18.0 Å². The number of hydrogen-bond acceptors (Lipinski definition) is 8. The van der Waals surface area contributed by atoms with Gasteiger partial charge in [-0.2, -0.15) is 0 Å². The van der Waals surface area contributed by atoms with Crippen LogP contribution in [0.2, 0.25) is 0 Å². The standard InChI is InChI=1S/C39H48N2O8/c42-27-28-12-14-30(15-13-28)35-24-34(26-41-18-16-39(17-19-41)46-20-21-47-39)48-38(49-35)33-9-5-8-32(23-33)31-7-4-6-29(22-31)25-40-36(43)10-2-1-3-11-37(44)45/h4-9,12-15,22-23,34-35,38,42H,1-3,10-11,16-21,24-27H2,(H,40,43)(H,44,45)/t34-,35+,38+/m0/s1. The number of carboxylic acid groups (broad SMARTS) is 1. The number of piperidine rings is 1. The molecule has 262 valence electrons. The van der Waals surface area contributed by atoms with Crippen LogP contribution >= 0.6 is 0 Å². The van der Waals surface area contributed by atoms with Crippen LogP contribution in [0.4, 0.5) is 0 Å². The zero-order valence-corrected chi connectivity index (χ0v) is 28.1. The summed E-state index contributed by atoms with van der Waals surface area (Å²) in [4.78, 5) is 25.5. The first-order valence-corrected chi connectivity index (χ1v) is 17.6. The van der Waals surface area contributed by atoms with Crippen LogP contribution in [-0.2, 0) is 41.7 Å². The minimum atomic E-state index is -0.802. The number of carboxylic acids is 1. The molecule has 0 aliphatic carbocycles. The van der Waals surface area contributed by atoms with Crippen molar-refractivity contribution in [3.8, 4) is 11.1 Å². The summed E-state index contributed by atoms with van der Waals surface area (Å²) in [5.74, 6) is -1.25. The number of nitrogens with zero attached hydrogens (tertiary/aromatic N) is 1. The summed E-state index contributed by atoms with van der Waals surface area (Å²) in [6, 6.07) is 24.4. The number of aliphatic hydroxyl groups is 1. The van der Waals surface area contributed by atoms with E-state index in [9.17, 15) is 14.7 Å². The summed E-state index contributed by atoms with van der Waals surface area (Å²) in [5.41, 5.74) is 5.92. The minimum absolute atomic E-state index is 0.000585. The Morgan fingerprint density at radius 2 is 1.53 bits per heavy atom. The van der Waals surface area contributed by atoms with Gasteiger partial charge in [0.05, 0.1) is 32.0 Å². The lowest BCUT2D eigenvalue weighted by Crippen LogP contribution is -2.48. The monoisotopic (exact) mass is 672 g/mol. The van der Waals surface area contributed by atoms with Gasteiger partial charge < -0.3 is 39.4 Å². The van der Waals surface area contributed by atoms with Crippen molar-refractivity contribution in [3.05, 3.63) is 95.1 Å². The Hall–Kier alpha value is -3.64. The second kappa shape index (κ2) is 16.8. The summed E-state index contributed by atoms with van der Waals surface area (Å²) in [6.45, 7) is 4.32. The Kier molecular flexibility index (Phi) is 12.1. The Labute approximate surface area is 288 Å². The number of hydrogen-bond donors (Lipinski definition) is 3. The molecular formula is C39H48N2O8. The lowest BCUT2D eigenvalue weighted by molar-refractivity contribution is -0.255. The van der Waals surface area contributed by atoms with Gasteiger partial charge in [-0.1, -0.05) is 67.1 Å². The van der Waals surface area contributed by atoms with Crippen LogP contribution in [0.5, 0.6) is 0 Å². The van der Waals surface area contributed by atoms with Crippen molar-refractivity contribution in [3.63, 3.8) is 0 Å². The van der Waals surface area contributed by atoms with Crippen LogP contribution in [0.15, 0.2) is 72.8 Å².